The van der Waals surface area contributed by atoms with Gasteiger partial charge >= 0.3 is 5.97 Å². The van der Waals surface area contributed by atoms with Crippen LogP contribution in [0.4, 0.5) is 0 Å². The average Bonchev–Trinajstić information content (AvgIpc) is 2.03. The molecule has 0 spiro atoms. The number of unbranched alkanes of at least 4 members (excludes halogenated alkanes) is 1. The summed E-state index contributed by atoms with van der Waals surface area (Å²) in [5.74, 6) is -0.901. The van der Waals surface area contributed by atoms with Crippen LogP contribution in [0, 0.1) is 5.92 Å². The number of carboxylic acids is 1. The van der Waals surface area contributed by atoms with E-state index < -0.39 is 5.97 Å². The van der Waals surface area contributed by atoms with Gasteiger partial charge in [0.1, 0.15) is 0 Å². The van der Waals surface area contributed by atoms with E-state index in [1.54, 1.807) is 6.92 Å². The van der Waals surface area contributed by atoms with Gasteiger partial charge in [-0.3, -0.25) is 4.79 Å². The summed E-state index contributed by atoms with van der Waals surface area (Å²) >= 11 is 3.27. The van der Waals surface area contributed by atoms with Gasteiger partial charge in [-0.15, -0.1) is 0 Å². The highest BCUT2D eigenvalue weighted by Gasteiger charge is 2.08. The molecule has 0 aliphatic carbocycles. The molecule has 0 amide bonds. The van der Waals surface area contributed by atoms with Gasteiger partial charge in [0, 0.05) is 5.33 Å². The number of alkyl halides is 1. The lowest BCUT2D eigenvalue weighted by Crippen LogP contribution is -2.08. The molecule has 0 radical (unpaired) electrons. The molecule has 0 saturated carbocycles. The fourth-order valence-corrected chi connectivity index (χ4v) is 1.11. The topological polar surface area (TPSA) is 37.3 Å². The van der Waals surface area contributed by atoms with Gasteiger partial charge in [-0.2, -0.15) is 0 Å². The first-order chi connectivity index (χ1) is 5.68. The van der Waals surface area contributed by atoms with Crippen LogP contribution in [-0.4, -0.2) is 16.4 Å². The van der Waals surface area contributed by atoms with Crippen LogP contribution in [-0.2, 0) is 4.79 Å². The Morgan fingerprint density at radius 1 is 1.58 bits per heavy atom. The van der Waals surface area contributed by atoms with E-state index >= 15 is 0 Å². The van der Waals surface area contributed by atoms with Crippen molar-refractivity contribution >= 4 is 21.9 Å². The minimum atomic E-state index is -0.695. The van der Waals surface area contributed by atoms with Gasteiger partial charge in [0.2, 0.25) is 0 Å². The van der Waals surface area contributed by atoms with Crippen molar-refractivity contribution in [3.63, 3.8) is 0 Å². The second kappa shape index (κ2) is 7.35. The molecule has 0 aliphatic heterocycles. The average molecular weight is 235 g/mol. The van der Waals surface area contributed by atoms with Crippen LogP contribution in [0.3, 0.4) is 0 Å². The molecule has 2 nitrogen and oxygen atoms in total. The number of hydrogen-bond donors (Lipinski definition) is 1. The Hall–Kier alpha value is -0.310. The minimum absolute atomic E-state index is 0.206. The summed E-state index contributed by atoms with van der Waals surface area (Å²) in [6.45, 7) is 1.75. The molecule has 0 aromatic heterocycles. The van der Waals surface area contributed by atoms with Crippen LogP contribution in [0.2, 0.25) is 0 Å². The summed E-state index contributed by atoms with van der Waals surface area (Å²) in [6, 6.07) is 0. The highest BCUT2D eigenvalue weighted by Crippen LogP contribution is 2.07. The monoisotopic (exact) mass is 234 g/mol. The first-order valence-electron chi connectivity index (χ1n) is 4.12. The maximum Gasteiger partial charge on any atom is 0.306 e. The summed E-state index contributed by atoms with van der Waals surface area (Å²) in [5.41, 5.74) is 0. The first-order valence-corrected chi connectivity index (χ1v) is 5.24. The molecule has 1 N–H and O–H groups in total. The lowest BCUT2D eigenvalue weighted by atomic mass is 10.0. The standard InChI is InChI=1S/C9H15BrO2/c1-8(9(11)12)6-4-2-3-5-7-10/h3,5,8H,2,4,6-7H2,1H3,(H,11,12). The van der Waals surface area contributed by atoms with Crippen molar-refractivity contribution in [2.75, 3.05) is 5.33 Å². The van der Waals surface area contributed by atoms with E-state index in [0.29, 0.717) is 0 Å². The molecule has 0 fully saturated rings. The zero-order valence-corrected chi connectivity index (χ0v) is 8.88. The van der Waals surface area contributed by atoms with Gasteiger partial charge in [0.05, 0.1) is 5.92 Å². The third-order valence-corrected chi connectivity index (χ3v) is 2.06. The van der Waals surface area contributed by atoms with E-state index in [4.69, 9.17) is 5.11 Å². The van der Waals surface area contributed by atoms with Gasteiger partial charge in [-0.1, -0.05) is 35.0 Å². The molecular weight excluding hydrogens is 220 g/mol. The van der Waals surface area contributed by atoms with E-state index in [1.807, 2.05) is 6.08 Å². The van der Waals surface area contributed by atoms with Gasteiger partial charge in [0.25, 0.3) is 0 Å². The summed E-state index contributed by atoms with van der Waals surface area (Å²) in [7, 11) is 0. The third kappa shape index (κ3) is 6.40. The predicted octanol–water partition coefficient (Wildman–Crippen LogP) is 2.83. The Morgan fingerprint density at radius 2 is 2.25 bits per heavy atom. The Kier molecular flexibility index (Phi) is 7.16. The maximum absolute atomic E-state index is 10.4. The lowest BCUT2D eigenvalue weighted by Gasteiger charge is -2.02. The smallest absolute Gasteiger partial charge is 0.306 e. The van der Waals surface area contributed by atoms with Crippen molar-refractivity contribution in [1.82, 2.24) is 0 Å². The Labute approximate surface area is 81.8 Å². The highest BCUT2D eigenvalue weighted by atomic mass is 79.9. The second-order valence-electron chi connectivity index (χ2n) is 2.80. The quantitative estimate of drug-likeness (QED) is 0.436. The fourth-order valence-electron chi connectivity index (χ4n) is 0.846. The molecule has 1 unspecified atom stereocenters. The third-order valence-electron chi connectivity index (χ3n) is 1.69. The summed E-state index contributed by atoms with van der Waals surface area (Å²) in [6.07, 6.45) is 6.80. The molecule has 0 saturated heterocycles. The zero-order valence-electron chi connectivity index (χ0n) is 7.29. The van der Waals surface area contributed by atoms with Crippen LogP contribution in [0.1, 0.15) is 26.2 Å². The van der Waals surface area contributed by atoms with Crippen molar-refractivity contribution in [3.8, 4) is 0 Å². The van der Waals surface area contributed by atoms with E-state index in [-0.39, 0.29) is 5.92 Å². The molecule has 0 aliphatic rings. The number of aliphatic carboxylic acids is 1. The summed E-state index contributed by atoms with van der Waals surface area (Å²) in [4.78, 5) is 10.4. The van der Waals surface area contributed by atoms with Crippen LogP contribution in [0.5, 0.6) is 0 Å². The summed E-state index contributed by atoms with van der Waals surface area (Å²) in [5, 5.41) is 9.44. The molecule has 12 heavy (non-hydrogen) atoms. The van der Waals surface area contributed by atoms with Gasteiger partial charge < -0.3 is 5.11 Å². The molecule has 3 heteroatoms. The SMILES string of the molecule is CC(CCCC=CCBr)C(=O)O. The number of halogens is 1. The zero-order chi connectivity index (χ0) is 9.40. The maximum atomic E-state index is 10.4. The highest BCUT2D eigenvalue weighted by molar-refractivity contribution is 9.09. The van der Waals surface area contributed by atoms with E-state index in [0.717, 1.165) is 24.6 Å². The van der Waals surface area contributed by atoms with Crippen molar-refractivity contribution in [3.05, 3.63) is 12.2 Å². The second-order valence-corrected chi connectivity index (χ2v) is 3.44. The molecule has 0 aromatic rings. The number of hydrogen-bond acceptors (Lipinski definition) is 1. The van der Waals surface area contributed by atoms with Crippen LogP contribution in [0.15, 0.2) is 12.2 Å². The van der Waals surface area contributed by atoms with Crippen molar-refractivity contribution in [2.45, 2.75) is 26.2 Å². The molecule has 0 bridgehead atoms. The minimum Gasteiger partial charge on any atom is -0.481 e. The van der Waals surface area contributed by atoms with Crippen LogP contribution >= 0.6 is 15.9 Å². The van der Waals surface area contributed by atoms with E-state index in [2.05, 4.69) is 22.0 Å². The molecule has 0 heterocycles. The van der Waals surface area contributed by atoms with Gasteiger partial charge in [-0.05, 0) is 19.3 Å². The van der Waals surface area contributed by atoms with E-state index in [1.165, 1.54) is 0 Å². The number of carboxylic acid groups (broad SMARTS) is 1. The predicted molar refractivity (Wildman–Crippen MR) is 53.6 cm³/mol. The molecule has 70 valence electrons. The number of rotatable bonds is 6. The number of carbonyl (C=O) groups is 1. The molecular formula is C9H15BrO2. The Morgan fingerprint density at radius 3 is 2.75 bits per heavy atom. The first kappa shape index (κ1) is 11.7. The lowest BCUT2D eigenvalue weighted by molar-refractivity contribution is -0.141. The number of allylic oxidation sites excluding steroid dienone is 2. The van der Waals surface area contributed by atoms with E-state index in [9.17, 15) is 4.79 Å². The van der Waals surface area contributed by atoms with Crippen LogP contribution in [0.25, 0.3) is 0 Å². The van der Waals surface area contributed by atoms with Gasteiger partial charge in [-0.25, -0.2) is 0 Å². The largest absolute Gasteiger partial charge is 0.481 e. The van der Waals surface area contributed by atoms with Crippen molar-refractivity contribution in [1.29, 1.82) is 0 Å². The fraction of sp³-hybridized carbons (Fsp3) is 0.667. The normalized spacial score (nSPS) is 13.5. The molecule has 0 aromatic carbocycles. The van der Waals surface area contributed by atoms with Crippen molar-refractivity contribution < 1.29 is 9.90 Å². The molecule has 0 rings (SSSR count). The summed E-state index contributed by atoms with van der Waals surface area (Å²) < 4.78 is 0. The molecule has 1 atom stereocenters. The van der Waals surface area contributed by atoms with Gasteiger partial charge in [0.15, 0.2) is 0 Å². The van der Waals surface area contributed by atoms with Crippen LogP contribution < -0.4 is 0 Å². The Bertz CT molecular complexity index is 155. The van der Waals surface area contributed by atoms with Crippen molar-refractivity contribution in [2.24, 2.45) is 5.92 Å². The Balaban J connectivity index is 3.31.